The highest BCUT2D eigenvalue weighted by Crippen LogP contribution is 2.31. The van der Waals surface area contributed by atoms with Crippen molar-refractivity contribution in [3.05, 3.63) is 59.1 Å². The predicted molar refractivity (Wildman–Crippen MR) is 91.3 cm³/mol. The molecule has 2 aromatic rings. The van der Waals surface area contributed by atoms with E-state index in [0.29, 0.717) is 28.9 Å². The third-order valence-corrected chi connectivity index (χ3v) is 3.73. The molecular weight excluding hydrogens is 296 g/mol. The Morgan fingerprint density at radius 3 is 2.64 bits per heavy atom. The van der Waals surface area contributed by atoms with E-state index in [0.717, 1.165) is 11.3 Å². The molecule has 0 unspecified atom stereocenters. The summed E-state index contributed by atoms with van der Waals surface area (Å²) in [6.07, 6.45) is 0. The molecule has 0 aliphatic carbocycles. The van der Waals surface area contributed by atoms with Crippen molar-refractivity contribution >= 4 is 34.6 Å². The molecule has 0 fully saturated rings. The number of hydrogen-bond donors (Lipinski definition) is 0. The summed E-state index contributed by atoms with van der Waals surface area (Å²) in [5.74, 6) is 0.345. The van der Waals surface area contributed by atoms with Gasteiger partial charge in [0.15, 0.2) is 0 Å². The molecule has 1 aliphatic heterocycles. The minimum atomic E-state index is -0.0464. The van der Waals surface area contributed by atoms with E-state index in [1.165, 1.54) is 0 Å². The number of para-hydroxylation sites is 1. The zero-order chi connectivity index (χ0) is 15.7. The highest BCUT2D eigenvalue weighted by molar-refractivity contribution is 6.54. The van der Waals surface area contributed by atoms with Gasteiger partial charge in [-0.25, -0.2) is 4.99 Å². The number of hydrogen-bond acceptors (Lipinski definition) is 2. The normalized spacial score (nSPS) is 15.7. The molecule has 0 saturated carbocycles. The Balaban J connectivity index is 2.07. The minimum absolute atomic E-state index is 0.0464. The average Bonchev–Trinajstić information content (AvgIpc) is 2.73. The molecule has 0 atom stereocenters. The number of rotatable bonds is 3. The highest BCUT2D eigenvalue weighted by Gasteiger charge is 2.33. The molecule has 3 rings (SSSR count). The Labute approximate surface area is 135 Å². The molecule has 2 aromatic carbocycles. The van der Waals surface area contributed by atoms with E-state index < -0.39 is 0 Å². The standard InChI is InChI=1S/C18H17ClN2O/c1-12(2)11-21-16-9-4-3-8-15(16)17(18(21)22)20-14-7-5-6-13(19)10-14/h3-10,12H,11H2,1-2H3. The zero-order valence-corrected chi connectivity index (χ0v) is 13.3. The van der Waals surface area contributed by atoms with E-state index in [-0.39, 0.29) is 5.91 Å². The molecule has 3 nitrogen and oxygen atoms in total. The van der Waals surface area contributed by atoms with Crippen LogP contribution in [0.15, 0.2) is 53.5 Å². The van der Waals surface area contributed by atoms with Crippen LogP contribution >= 0.6 is 11.6 Å². The van der Waals surface area contributed by atoms with E-state index in [1.807, 2.05) is 41.3 Å². The molecule has 22 heavy (non-hydrogen) atoms. The van der Waals surface area contributed by atoms with Crippen molar-refractivity contribution in [3.8, 4) is 0 Å². The summed E-state index contributed by atoms with van der Waals surface area (Å²) >= 11 is 6.00. The maximum absolute atomic E-state index is 12.7. The monoisotopic (exact) mass is 312 g/mol. The van der Waals surface area contributed by atoms with Gasteiger partial charge < -0.3 is 4.90 Å². The maximum Gasteiger partial charge on any atom is 0.277 e. The lowest BCUT2D eigenvalue weighted by atomic mass is 10.1. The molecular formula is C18H17ClN2O. The van der Waals surface area contributed by atoms with Crippen molar-refractivity contribution < 1.29 is 4.79 Å². The summed E-state index contributed by atoms with van der Waals surface area (Å²) in [6.45, 7) is 4.88. The van der Waals surface area contributed by atoms with Crippen molar-refractivity contribution in [1.29, 1.82) is 0 Å². The average molecular weight is 313 g/mol. The first-order valence-corrected chi connectivity index (χ1v) is 7.69. The van der Waals surface area contributed by atoms with Gasteiger partial charge >= 0.3 is 0 Å². The molecule has 0 bridgehead atoms. The number of benzene rings is 2. The van der Waals surface area contributed by atoms with Gasteiger partial charge in [0.1, 0.15) is 5.71 Å². The van der Waals surface area contributed by atoms with Gasteiger partial charge in [-0.15, -0.1) is 0 Å². The summed E-state index contributed by atoms with van der Waals surface area (Å²) in [4.78, 5) is 19.1. The van der Waals surface area contributed by atoms with Crippen LogP contribution in [0.4, 0.5) is 11.4 Å². The molecule has 0 aromatic heterocycles. The first-order chi connectivity index (χ1) is 10.6. The molecule has 0 N–H and O–H groups in total. The number of amides is 1. The van der Waals surface area contributed by atoms with Gasteiger partial charge in [0.05, 0.1) is 11.4 Å². The lowest BCUT2D eigenvalue weighted by Gasteiger charge is -2.18. The number of fused-ring (bicyclic) bond motifs is 1. The summed E-state index contributed by atoms with van der Waals surface area (Å²) in [6, 6.07) is 15.0. The number of aliphatic imine (C=N–C) groups is 1. The fourth-order valence-corrected chi connectivity index (χ4v) is 2.78. The number of carbonyl (C=O) groups is 1. The van der Waals surface area contributed by atoms with Crippen LogP contribution in [0.25, 0.3) is 0 Å². The van der Waals surface area contributed by atoms with Gasteiger partial charge in [0.2, 0.25) is 0 Å². The second-order valence-corrected chi connectivity index (χ2v) is 6.20. The molecule has 0 spiro atoms. The molecule has 1 amide bonds. The summed E-state index contributed by atoms with van der Waals surface area (Å²) in [7, 11) is 0. The lowest BCUT2D eigenvalue weighted by molar-refractivity contribution is -0.112. The lowest BCUT2D eigenvalue weighted by Crippen LogP contribution is -2.33. The fourth-order valence-electron chi connectivity index (χ4n) is 2.59. The second kappa shape index (κ2) is 5.93. The first kappa shape index (κ1) is 14.8. The van der Waals surface area contributed by atoms with Crippen molar-refractivity contribution in [2.24, 2.45) is 10.9 Å². The Bertz CT molecular complexity index is 752. The topological polar surface area (TPSA) is 32.7 Å². The van der Waals surface area contributed by atoms with E-state index in [1.54, 1.807) is 12.1 Å². The van der Waals surface area contributed by atoms with Crippen LogP contribution in [0, 0.1) is 5.92 Å². The number of halogens is 1. The second-order valence-electron chi connectivity index (χ2n) is 5.77. The van der Waals surface area contributed by atoms with E-state index in [4.69, 9.17) is 11.6 Å². The SMILES string of the molecule is CC(C)CN1C(=O)C(=Nc2cccc(Cl)c2)c2ccccc21. The smallest absolute Gasteiger partial charge is 0.277 e. The Kier molecular flexibility index (Phi) is 3.99. The minimum Gasteiger partial charge on any atom is -0.306 e. The third kappa shape index (κ3) is 2.77. The van der Waals surface area contributed by atoms with Gasteiger partial charge in [0.25, 0.3) is 5.91 Å². The van der Waals surface area contributed by atoms with Crippen molar-refractivity contribution in [2.45, 2.75) is 13.8 Å². The van der Waals surface area contributed by atoms with Gasteiger partial charge in [-0.2, -0.15) is 0 Å². The quantitative estimate of drug-likeness (QED) is 0.823. The van der Waals surface area contributed by atoms with Crippen molar-refractivity contribution in [2.75, 3.05) is 11.4 Å². The first-order valence-electron chi connectivity index (χ1n) is 7.32. The number of anilines is 1. The molecule has 1 aliphatic rings. The van der Waals surface area contributed by atoms with E-state index >= 15 is 0 Å². The van der Waals surface area contributed by atoms with E-state index in [9.17, 15) is 4.79 Å². The van der Waals surface area contributed by atoms with Crippen LogP contribution in [0.2, 0.25) is 5.02 Å². The maximum atomic E-state index is 12.7. The fraction of sp³-hybridized carbons (Fsp3) is 0.222. The number of nitrogens with zero attached hydrogens (tertiary/aromatic N) is 2. The number of carbonyl (C=O) groups excluding carboxylic acids is 1. The Hall–Kier alpha value is -2.13. The molecule has 4 heteroatoms. The van der Waals surface area contributed by atoms with Gasteiger partial charge in [-0.05, 0) is 30.2 Å². The van der Waals surface area contributed by atoms with Crippen molar-refractivity contribution in [3.63, 3.8) is 0 Å². The van der Waals surface area contributed by atoms with E-state index in [2.05, 4.69) is 18.8 Å². The van der Waals surface area contributed by atoms with Crippen molar-refractivity contribution in [1.82, 2.24) is 0 Å². The summed E-state index contributed by atoms with van der Waals surface area (Å²) in [5.41, 5.74) is 2.99. The van der Waals surface area contributed by atoms with Crippen LogP contribution in [0.3, 0.4) is 0 Å². The summed E-state index contributed by atoms with van der Waals surface area (Å²) < 4.78 is 0. The van der Waals surface area contributed by atoms with Gasteiger partial charge in [0, 0.05) is 17.1 Å². The van der Waals surface area contributed by atoms with Crippen LogP contribution in [0.1, 0.15) is 19.4 Å². The zero-order valence-electron chi connectivity index (χ0n) is 12.6. The highest BCUT2D eigenvalue weighted by atomic mass is 35.5. The molecule has 0 radical (unpaired) electrons. The Morgan fingerprint density at radius 1 is 1.14 bits per heavy atom. The van der Waals surface area contributed by atoms with Gasteiger partial charge in [-0.3, -0.25) is 4.79 Å². The van der Waals surface area contributed by atoms with Gasteiger partial charge in [-0.1, -0.05) is 49.7 Å². The summed E-state index contributed by atoms with van der Waals surface area (Å²) in [5, 5.41) is 0.611. The van der Waals surface area contributed by atoms with Crippen LogP contribution in [-0.4, -0.2) is 18.2 Å². The molecule has 0 saturated heterocycles. The predicted octanol–water partition coefficient (Wildman–Crippen LogP) is 4.46. The van der Waals surface area contributed by atoms with Crippen LogP contribution in [0.5, 0.6) is 0 Å². The van der Waals surface area contributed by atoms with Crippen LogP contribution < -0.4 is 4.90 Å². The third-order valence-electron chi connectivity index (χ3n) is 3.49. The largest absolute Gasteiger partial charge is 0.306 e. The van der Waals surface area contributed by atoms with Crippen LogP contribution in [-0.2, 0) is 4.79 Å². The molecule has 1 heterocycles. The molecule has 112 valence electrons. The Morgan fingerprint density at radius 2 is 1.91 bits per heavy atom.